The van der Waals surface area contributed by atoms with Gasteiger partial charge in [0, 0.05) is 36.9 Å². The summed E-state index contributed by atoms with van der Waals surface area (Å²) in [4.78, 5) is 8.62. The summed E-state index contributed by atoms with van der Waals surface area (Å²) in [5.41, 5.74) is 7.87. The van der Waals surface area contributed by atoms with Crippen LogP contribution in [-0.2, 0) is 6.54 Å². The van der Waals surface area contributed by atoms with Gasteiger partial charge in [-0.1, -0.05) is 17.7 Å². The van der Waals surface area contributed by atoms with E-state index in [1.54, 1.807) is 6.07 Å². The molecule has 1 aliphatic rings. The highest BCUT2D eigenvalue weighted by Crippen LogP contribution is 2.20. The summed E-state index contributed by atoms with van der Waals surface area (Å²) < 4.78 is 13.3. The molecule has 0 aromatic heterocycles. The van der Waals surface area contributed by atoms with E-state index in [0.717, 1.165) is 36.9 Å². The molecule has 1 heterocycles. The molecule has 0 amide bonds. The maximum Gasteiger partial charge on any atom is 0.191 e. The van der Waals surface area contributed by atoms with Gasteiger partial charge in [-0.3, -0.25) is 0 Å². The number of guanidine groups is 1. The Morgan fingerprint density at radius 3 is 2.44 bits per heavy atom. The Hall–Kier alpha value is -2.47. The third kappa shape index (κ3) is 4.33. The molecule has 3 rings (SSSR count). The number of halogens is 2. The second kappa shape index (κ2) is 7.61. The van der Waals surface area contributed by atoms with Crippen molar-refractivity contribution in [2.45, 2.75) is 6.54 Å². The van der Waals surface area contributed by atoms with Crippen LogP contribution in [0.25, 0.3) is 0 Å². The van der Waals surface area contributed by atoms with Crippen molar-refractivity contribution in [3.05, 3.63) is 58.9 Å². The number of anilines is 1. The van der Waals surface area contributed by atoms with Crippen LogP contribution in [-0.4, -0.2) is 42.1 Å². The van der Waals surface area contributed by atoms with Gasteiger partial charge in [-0.25, -0.2) is 9.38 Å². The molecule has 132 valence electrons. The van der Waals surface area contributed by atoms with E-state index < -0.39 is 5.82 Å². The van der Waals surface area contributed by atoms with E-state index in [2.05, 4.69) is 9.89 Å². The Morgan fingerprint density at radius 2 is 1.80 bits per heavy atom. The van der Waals surface area contributed by atoms with E-state index in [0.29, 0.717) is 11.5 Å². The predicted molar refractivity (Wildman–Crippen MR) is 98.6 cm³/mol. The van der Waals surface area contributed by atoms with Crippen LogP contribution >= 0.6 is 11.6 Å². The van der Waals surface area contributed by atoms with Gasteiger partial charge in [0.15, 0.2) is 17.5 Å². The summed E-state index contributed by atoms with van der Waals surface area (Å²) in [6.45, 7) is 3.49. The molecule has 0 unspecified atom stereocenters. The van der Waals surface area contributed by atoms with Gasteiger partial charge in [0.25, 0.3) is 0 Å². The van der Waals surface area contributed by atoms with Crippen LogP contribution in [0.1, 0.15) is 5.56 Å². The third-order valence-electron chi connectivity index (χ3n) is 4.23. The summed E-state index contributed by atoms with van der Waals surface area (Å²) in [7, 11) is 0. The molecule has 2 aromatic carbocycles. The Bertz CT molecular complexity index is 758. The number of aromatic hydroxyl groups is 1. The number of aliphatic imine (C=N–C) groups is 1. The van der Waals surface area contributed by atoms with Crippen molar-refractivity contribution >= 4 is 23.2 Å². The molecule has 25 heavy (non-hydrogen) atoms. The largest absolute Gasteiger partial charge is 0.505 e. The molecule has 5 nitrogen and oxygen atoms in total. The van der Waals surface area contributed by atoms with Crippen LogP contribution in [0.15, 0.2) is 47.5 Å². The Balaban J connectivity index is 1.56. The van der Waals surface area contributed by atoms with Crippen molar-refractivity contribution in [3.8, 4) is 5.75 Å². The standard InChI is InChI=1S/C18H20ClFN4O/c19-14-2-4-15(5-3-14)23-7-9-24(10-8-23)18(21)22-12-13-1-6-17(25)16(20)11-13/h1-6,11,25H,7-10,12H2,(H2,21,22). The summed E-state index contributed by atoms with van der Waals surface area (Å²) in [5.74, 6) is -0.564. The van der Waals surface area contributed by atoms with Crippen molar-refractivity contribution in [1.82, 2.24) is 4.90 Å². The van der Waals surface area contributed by atoms with Crippen LogP contribution in [0.3, 0.4) is 0 Å². The number of hydrogen-bond acceptors (Lipinski definition) is 3. The van der Waals surface area contributed by atoms with Crippen LogP contribution in [0, 0.1) is 5.82 Å². The van der Waals surface area contributed by atoms with Gasteiger partial charge in [0.1, 0.15) is 0 Å². The Kier molecular flexibility index (Phi) is 5.28. The van der Waals surface area contributed by atoms with Gasteiger partial charge < -0.3 is 20.6 Å². The smallest absolute Gasteiger partial charge is 0.191 e. The number of nitrogens with zero attached hydrogens (tertiary/aromatic N) is 3. The summed E-state index contributed by atoms with van der Waals surface area (Å²) in [5, 5.41) is 9.93. The maximum absolute atomic E-state index is 13.3. The molecule has 0 atom stereocenters. The molecule has 7 heteroatoms. The fourth-order valence-electron chi connectivity index (χ4n) is 2.77. The zero-order chi connectivity index (χ0) is 17.8. The molecule has 0 spiro atoms. The molecule has 0 saturated carbocycles. The fraction of sp³-hybridized carbons (Fsp3) is 0.278. The number of piperazine rings is 1. The monoisotopic (exact) mass is 362 g/mol. The van der Waals surface area contributed by atoms with Gasteiger partial charge in [-0.15, -0.1) is 0 Å². The molecule has 1 saturated heterocycles. The highest BCUT2D eigenvalue weighted by atomic mass is 35.5. The normalized spacial score (nSPS) is 15.5. The second-order valence-electron chi connectivity index (χ2n) is 5.91. The number of phenols is 1. The minimum absolute atomic E-state index is 0.278. The summed E-state index contributed by atoms with van der Waals surface area (Å²) in [6.07, 6.45) is 0. The van der Waals surface area contributed by atoms with E-state index in [-0.39, 0.29) is 12.3 Å². The van der Waals surface area contributed by atoms with E-state index in [1.807, 2.05) is 29.2 Å². The lowest BCUT2D eigenvalue weighted by Crippen LogP contribution is -2.51. The number of rotatable bonds is 3. The van der Waals surface area contributed by atoms with Crippen LogP contribution in [0.2, 0.25) is 5.02 Å². The van der Waals surface area contributed by atoms with Crippen LogP contribution < -0.4 is 10.6 Å². The number of benzene rings is 2. The van der Waals surface area contributed by atoms with Crippen molar-refractivity contribution in [1.29, 1.82) is 0 Å². The van der Waals surface area contributed by atoms with Gasteiger partial charge in [-0.2, -0.15) is 0 Å². The molecule has 3 N–H and O–H groups in total. The summed E-state index contributed by atoms with van der Waals surface area (Å²) in [6, 6.07) is 12.0. The average molecular weight is 363 g/mol. The number of hydrogen-bond donors (Lipinski definition) is 2. The molecule has 2 aromatic rings. The average Bonchev–Trinajstić information content (AvgIpc) is 2.63. The van der Waals surface area contributed by atoms with E-state index in [1.165, 1.54) is 12.1 Å². The topological polar surface area (TPSA) is 65.1 Å². The predicted octanol–water partition coefficient (Wildman–Crippen LogP) is 2.82. The Morgan fingerprint density at radius 1 is 1.12 bits per heavy atom. The lowest BCUT2D eigenvalue weighted by molar-refractivity contribution is 0.380. The molecule has 1 fully saturated rings. The van der Waals surface area contributed by atoms with Crippen molar-refractivity contribution in [2.75, 3.05) is 31.1 Å². The van der Waals surface area contributed by atoms with E-state index in [4.69, 9.17) is 17.3 Å². The van der Waals surface area contributed by atoms with Crippen molar-refractivity contribution in [3.63, 3.8) is 0 Å². The zero-order valence-corrected chi connectivity index (χ0v) is 14.5. The number of phenolic OH excluding ortho intramolecular Hbond substituents is 1. The molecule has 0 aliphatic carbocycles. The first-order chi connectivity index (χ1) is 12.0. The van der Waals surface area contributed by atoms with Crippen LogP contribution in [0.4, 0.5) is 10.1 Å². The van der Waals surface area contributed by atoms with Crippen LogP contribution in [0.5, 0.6) is 5.75 Å². The van der Waals surface area contributed by atoms with Gasteiger partial charge >= 0.3 is 0 Å². The third-order valence-corrected chi connectivity index (χ3v) is 4.48. The van der Waals surface area contributed by atoms with Gasteiger partial charge in [-0.05, 0) is 42.0 Å². The van der Waals surface area contributed by atoms with E-state index >= 15 is 0 Å². The van der Waals surface area contributed by atoms with Gasteiger partial charge in [0.05, 0.1) is 6.54 Å². The minimum atomic E-state index is -0.650. The first-order valence-electron chi connectivity index (χ1n) is 8.06. The zero-order valence-electron chi connectivity index (χ0n) is 13.7. The maximum atomic E-state index is 13.3. The lowest BCUT2D eigenvalue weighted by atomic mass is 10.2. The highest BCUT2D eigenvalue weighted by Gasteiger charge is 2.18. The molecule has 0 bridgehead atoms. The molecule has 0 radical (unpaired) electrons. The van der Waals surface area contributed by atoms with E-state index in [9.17, 15) is 9.50 Å². The first-order valence-corrected chi connectivity index (χ1v) is 8.43. The Labute approximate surface area is 151 Å². The summed E-state index contributed by atoms with van der Waals surface area (Å²) >= 11 is 5.92. The SMILES string of the molecule is NC(=NCc1ccc(O)c(F)c1)N1CCN(c2ccc(Cl)cc2)CC1. The molecular weight excluding hydrogens is 343 g/mol. The van der Waals surface area contributed by atoms with Crippen molar-refractivity contribution in [2.24, 2.45) is 10.7 Å². The fourth-order valence-corrected chi connectivity index (χ4v) is 2.89. The second-order valence-corrected chi connectivity index (χ2v) is 6.35. The highest BCUT2D eigenvalue weighted by molar-refractivity contribution is 6.30. The van der Waals surface area contributed by atoms with Gasteiger partial charge in [0.2, 0.25) is 0 Å². The quantitative estimate of drug-likeness (QED) is 0.651. The van der Waals surface area contributed by atoms with Crippen molar-refractivity contribution < 1.29 is 9.50 Å². The lowest BCUT2D eigenvalue weighted by Gasteiger charge is -2.36. The minimum Gasteiger partial charge on any atom is -0.505 e. The number of nitrogens with two attached hydrogens (primary N) is 1. The molecule has 1 aliphatic heterocycles. The molecular formula is C18H20ClFN4O. The first kappa shape index (κ1) is 17.4.